The highest BCUT2D eigenvalue weighted by Gasteiger charge is 2.40. The molecular formula is C16H28N2O. The number of carbonyl (C=O) groups excluding carboxylic acids is 1. The molecule has 108 valence electrons. The molecule has 1 saturated heterocycles. The molecule has 2 bridgehead atoms. The number of nitrogens with zero attached hydrogens (tertiary/aromatic N) is 1. The maximum Gasteiger partial charge on any atom is 0.226 e. The van der Waals surface area contributed by atoms with Crippen LogP contribution in [0.4, 0.5) is 0 Å². The van der Waals surface area contributed by atoms with Gasteiger partial charge < -0.3 is 10.2 Å². The highest BCUT2D eigenvalue weighted by molar-refractivity contribution is 5.79. The van der Waals surface area contributed by atoms with Crippen molar-refractivity contribution in [1.29, 1.82) is 0 Å². The zero-order valence-electron chi connectivity index (χ0n) is 12.4. The van der Waals surface area contributed by atoms with E-state index in [1.54, 1.807) is 0 Å². The second kappa shape index (κ2) is 5.43. The van der Waals surface area contributed by atoms with Crippen LogP contribution in [0.1, 0.15) is 39.0 Å². The lowest BCUT2D eigenvalue weighted by atomic mass is 9.87. The first kappa shape index (κ1) is 13.4. The van der Waals surface area contributed by atoms with Gasteiger partial charge in [-0.3, -0.25) is 4.79 Å². The summed E-state index contributed by atoms with van der Waals surface area (Å²) in [5, 5.41) is 3.39. The first-order valence-electron chi connectivity index (χ1n) is 8.09. The Bertz CT molecular complexity index is 344. The van der Waals surface area contributed by atoms with Crippen molar-refractivity contribution < 1.29 is 4.79 Å². The Labute approximate surface area is 117 Å². The third kappa shape index (κ3) is 2.81. The summed E-state index contributed by atoms with van der Waals surface area (Å²) < 4.78 is 0. The quantitative estimate of drug-likeness (QED) is 0.847. The summed E-state index contributed by atoms with van der Waals surface area (Å²) in [4.78, 5) is 14.6. The fourth-order valence-corrected chi connectivity index (χ4v) is 4.70. The number of rotatable bonds is 3. The minimum Gasteiger partial charge on any atom is -0.345 e. The van der Waals surface area contributed by atoms with Gasteiger partial charge in [-0.1, -0.05) is 13.3 Å². The maximum atomic E-state index is 12.5. The summed E-state index contributed by atoms with van der Waals surface area (Å²) in [6.45, 7) is 5.19. The molecule has 0 radical (unpaired) electrons. The molecule has 0 aromatic carbocycles. The number of carbonyl (C=O) groups is 1. The average molecular weight is 264 g/mol. The zero-order chi connectivity index (χ0) is 13.4. The van der Waals surface area contributed by atoms with E-state index in [1.165, 1.54) is 25.7 Å². The van der Waals surface area contributed by atoms with Crippen molar-refractivity contribution in [3.05, 3.63) is 0 Å². The largest absolute Gasteiger partial charge is 0.345 e. The predicted octanol–water partition coefficient (Wildman–Crippen LogP) is 2.13. The molecule has 0 aromatic heterocycles. The van der Waals surface area contributed by atoms with Crippen LogP contribution in [0, 0.1) is 29.6 Å². The Morgan fingerprint density at radius 1 is 1.21 bits per heavy atom. The van der Waals surface area contributed by atoms with Crippen LogP contribution in [0.3, 0.4) is 0 Å². The number of nitrogens with one attached hydrogen (secondary N) is 1. The first-order chi connectivity index (χ1) is 9.13. The van der Waals surface area contributed by atoms with Gasteiger partial charge >= 0.3 is 0 Å². The topological polar surface area (TPSA) is 32.3 Å². The summed E-state index contributed by atoms with van der Waals surface area (Å²) in [6, 6.07) is 0. The Hall–Kier alpha value is -0.570. The maximum absolute atomic E-state index is 12.5. The van der Waals surface area contributed by atoms with Crippen molar-refractivity contribution in [1.82, 2.24) is 10.2 Å². The molecule has 3 nitrogen and oxygen atoms in total. The van der Waals surface area contributed by atoms with Gasteiger partial charge in [0.05, 0.1) is 5.92 Å². The predicted molar refractivity (Wildman–Crippen MR) is 76.7 cm³/mol. The van der Waals surface area contributed by atoms with Crippen LogP contribution < -0.4 is 5.32 Å². The highest BCUT2D eigenvalue weighted by atomic mass is 16.2. The van der Waals surface area contributed by atoms with E-state index in [4.69, 9.17) is 0 Å². The lowest BCUT2D eigenvalue weighted by Gasteiger charge is -2.33. The minimum atomic E-state index is 0.215. The Morgan fingerprint density at radius 3 is 2.68 bits per heavy atom. The normalized spacial score (nSPS) is 41.5. The molecule has 1 amide bonds. The van der Waals surface area contributed by atoms with Gasteiger partial charge in [0.25, 0.3) is 0 Å². The third-order valence-electron chi connectivity index (χ3n) is 5.69. The fraction of sp³-hybridized carbons (Fsp3) is 0.938. The van der Waals surface area contributed by atoms with E-state index in [-0.39, 0.29) is 5.92 Å². The smallest absolute Gasteiger partial charge is 0.226 e. The second-order valence-corrected chi connectivity index (χ2v) is 7.35. The fourth-order valence-electron chi connectivity index (χ4n) is 4.70. The van der Waals surface area contributed by atoms with Crippen LogP contribution in [0.5, 0.6) is 0 Å². The molecule has 0 aromatic rings. The minimum absolute atomic E-state index is 0.215. The average Bonchev–Trinajstić information content (AvgIpc) is 3.00. The first-order valence-corrected chi connectivity index (χ1v) is 8.09. The molecule has 3 fully saturated rings. The van der Waals surface area contributed by atoms with Crippen molar-refractivity contribution in [2.75, 3.05) is 26.7 Å². The van der Waals surface area contributed by atoms with Gasteiger partial charge in [0.2, 0.25) is 5.91 Å². The van der Waals surface area contributed by atoms with Crippen LogP contribution >= 0.6 is 0 Å². The Kier molecular flexibility index (Phi) is 3.84. The van der Waals surface area contributed by atoms with Crippen molar-refractivity contribution in [2.45, 2.75) is 39.0 Å². The van der Waals surface area contributed by atoms with Gasteiger partial charge in [-0.25, -0.2) is 0 Å². The van der Waals surface area contributed by atoms with Crippen molar-refractivity contribution >= 4 is 5.91 Å². The monoisotopic (exact) mass is 264 g/mol. The lowest BCUT2D eigenvalue weighted by Crippen LogP contribution is -2.45. The third-order valence-corrected chi connectivity index (χ3v) is 5.69. The number of piperidine rings is 1. The molecule has 1 heterocycles. The molecule has 5 atom stereocenters. The summed E-state index contributed by atoms with van der Waals surface area (Å²) in [6.07, 6.45) is 6.74. The van der Waals surface area contributed by atoms with Gasteiger partial charge in [-0.15, -0.1) is 0 Å². The van der Waals surface area contributed by atoms with E-state index in [9.17, 15) is 4.79 Å². The van der Waals surface area contributed by atoms with Gasteiger partial charge in [0, 0.05) is 20.1 Å². The summed E-state index contributed by atoms with van der Waals surface area (Å²) in [5.74, 6) is 3.92. The molecule has 0 spiro atoms. The number of fused-ring (bicyclic) bond motifs is 2. The van der Waals surface area contributed by atoms with Crippen molar-refractivity contribution in [3.63, 3.8) is 0 Å². The van der Waals surface area contributed by atoms with E-state index in [0.29, 0.717) is 11.8 Å². The lowest BCUT2D eigenvalue weighted by molar-refractivity contribution is -0.136. The summed E-state index contributed by atoms with van der Waals surface area (Å²) >= 11 is 0. The van der Waals surface area contributed by atoms with Crippen LogP contribution in [0.25, 0.3) is 0 Å². The van der Waals surface area contributed by atoms with E-state index in [1.807, 2.05) is 11.9 Å². The van der Waals surface area contributed by atoms with Crippen LogP contribution in [0.15, 0.2) is 0 Å². The molecule has 5 unspecified atom stereocenters. The zero-order valence-corrected chi connectivity index (χ0v) is 12.4. The van der Waals surface area contributed by atoms with E-state index in [2.05, 4.69) is 12.2 Å². The summed E-state index contributed by atoms with van der Waals surface area (Å²) in [5.41, 5.74) is 0. The standard InChI is InChI=1S/C16H28N2O/c1-11-5-14(9-17-8-11)16(19)18(2)10-15-7-12-3-4-13(15)6-12/h11-15,17H,3-10H2,1-2H3. The van der Waals surface area contributed by atoms with Crippen LogP contribution in [-0.4, -0.2) is 37.5 Å². The van der Waals surface area contributed by atoms with E-state index < -0.39 is 0 Å². The van der Waals surface area contributed by atoms with Gasteiger partial charge in [0.1, 0.15) is 0 Å². The molecule has 1 N–H and O–H groups in total. The molecule has 3 rings (SSSR count). The highest BCUT2D eigenvalue weighted by Crippen LogP contribution is 2.48. The van der Waals surface area contributed by atoms with Crippen LogP contribution in [-0.2, 0) is 4.79 Å². The van der Waals surface area contributed by atoms with E-state index >= 15 is 0 Å². The molecule has 3 aliphatic rings. The molecular weight excluding hydrogens is 236 g/mol. The molecule has 3 heteroatoms. The Balaban J connectivity index is 1.52. The molecule has 2 saturated carbocycles. The van der Waals surface area contributed by atoms with E-state index in [0.717, 1.165) is 43.8 Å². The van der Waals surface area contributed by atoms with Crippen LogP contribution in [0.2, 0.25) is 0 Å². The number of hydrogen-bond donors (Lipinski definition) is 1. The van der Waals surface area contributed by atoms with Gasteiger partial charge in [-0.05, 0) is 55.9 Å². The number of amides is 1. The second-order valence-electron chi connectivity index (χ2n) is 7.35. The molecule has 2 aliphatic carbocycles. The van der Waals surface area contributed by atoms with Crippen molar-refractivity contribution in [2.24, 2.45) is 29.6 Å². The van der Waals surface area contributed by atoms with Crippen molar-refractivity contribution in [3.8, 4) is 0 Å². The SMILES string of the molecule is CC1CNCC(C(=O)N(C)CC2CC3CCC2C3)C1. The van der Waals surface area contributed by atoms with Gasteiger partial charge in [0.15, 0.2) is 0 Å². The number of hydrogen-bond acceptors (Lipinski definition) is 2. The van der Waals surface area contributed by atoms with Gasteiger partial charge in [-0.2, -0.15) is 0 Å². The summed E-state index contributed by atoms with van der Waals surface area (Å²) in [7, 11) is 2.02. The Morgan fingerprint density at radius 2 is 2.05 bits per heavy atom. The molecule has 19 heavy (non-hydrogen) atoms. The molecule has 1 aliphatic heterocycles.